The predicted octanol–water partition coefficient (Wildman–Crippen LogP) is 1.69. The van der Waals surface area contributed by atoms with Crippen LogP contribution in [0.25, 0.3) is 0 Å². The summed E-state index contributed by atoms with van der Waals surface area (Å²) < 4.78 is 5.06. The Bertz CT molecular complexity index is 157. The lowest BCUT2D eigenvalue weighted by molar-refractivity contribution is 0.460. The minimum atomic E-state index is 0.0694. The quantitative estimate of drug-likeness (QED) is 0.653. The molecule has 0 radical (unpaired) electrons. The van der Waals surface area contributed by atoms with Gasteiger partial charge in [0.05, 0.1) is 12.3 Å². The average molecular weight is 125 g/mol. The van der Waals surface area contributed by atoms with Gasteiger partial charge in [-0.1, -0.05) is 6.92 Å². The van der Waals surface area contributed by atoms with E-state index in [4.69, 9.17) is 10.2 Å². The van der Waals surface area contributed by atoms with E-state index in [1.165, 1.54) is 0 Å². The molecule has 0 amide bonds. The zero-order valence-electron chi connectivity index (χ0n) is 5.50. The Morgan fingerprint density at radius 2 is 2.56 bits per heavy atom. The Balaban J connectivity index is 2.65. The summed E-state index contributed by atoms with van der Waals surface area (Å²) in [5, 5.41) is 0. The molecule has 2 heteroatoms. The first-order chi connectivity index (χ1) is 4.34. The van der Waals surface area contributed by atoms with Crippen molar-refractivity contribution in [1.82, 2.24) is 0 Å². The summed E-state index contributed by atoms with van der Waals surface area (Å²) in [4.78, 5) is 0. The highest BCUT2D eigenvalue weighted by molar-refractivity contribution is 5.02. The van der Waals surface area contributed by atoms with Gasteiger partial charge in [0.25, 0.3) is 0 Å². The zero-order chi connectivity index (χ0) is 6.69. The van der Waals surface area contributed by atoms with Crippen LogP contribution in [-0.2, 0) is 0 Å². The summed E-state index contributed by atoms with van der Waals surface area (Å²) in [5.41, 5.74) is 5.64. The van der Waals surface area contributed by atoms with Crippen LogP contribution in [0.5, 0.6) is 0 Å². The van der Waals surface area contributed by atoms with Crippen molar-refractivity contribution < 1.29 is 4.42 Å². The van der Waals surface area contributed by atoms with Gasteiger partial charge in [-0.05, 0) is 18.6 Å². The second-order valence-corrected chi connectivity index (χ2v) is 2.03. The lowest BCUT2D eigenvalue weighted by Gasteiger charge is -2.01. The molecule has 0 aliphatic heterocycles. The molecule has 0 aromatic carbocycles. The Morgan fingerprint density at radius 3 is 3.00 bits per heavy atom. The number of hydrogen-bond acceptors (Lipinski definition) is 2. The summed E-state index contributed by atoms with van der Waals surface area (Å²) in [5.74, 6) is 0.873. The Labute approximate surface area is 54.7 Å². The summed E-state index contributed by atoms with van der Waals surface area (Å²) in [6.07, 6.45) is 2.57. The topological polar surface area (TPSA) is 39.2 Å². The standard InChI is InChI=1S/C7H11NO/c1-2-6(8)7-4-3-5-9-7/h3-6H,2,8H2,1H3/t6-/m1/s1. The molecular weight excluding hydrogens is 114 g/mol. The van der Waals surface area contributed by atoms with Gasteiger partial charge in [0, 0.05) is 0 Å². The van der Waals surface area contributed by atoms with Crippen molar-refractivity contribution >= 4 is 0 Å². The lowest BCUT2D eigenvalue weighted by atomic mass is 10.2. The minimum Gasteiger partial charge on any atom is -0.468 e. The van der Waals surface area contributed by atoms with Crippen molar-refractivity contribution in [2.45, 2.75) is 19.4 Å². The fourth-order valence-electron chi connectivity index (χ4n) is 0.703. The highest BCUT2D eigenvalue weighted by atomic mass is 16.3. The highest BCUT2D eigenvalue weighted by Crippen LogP contribution is 2.12. The molecule has 0 bridgehead atoms. The van der Waals surface area contributed by atoms with Crippen molar-refractivity contribution in [2.24, 2.45) is 5.73 Å². The van der Waals surface area contributed by atoms with Gasteiger partial charge in [0.2, 0.25) is 0 Å². The van der Waals surface area contributed by atoms with Crippen LogP contribution in [0.15, 0.2) is 22.8 Å². The molecule has 0 aliphatic rings. The Hall–Kier alpha value is -0.760. The third-order valence-electron chi connectivity index (χ3n) is 1.35. The fraction of sp³-hybridized carbons (Fsp3) is 0.429. The maximum Gasteiger partial charge on any atom is 0.120 e. The van der Waals surface area contributed by atoms with Gasteiger partial charge in [0.1, 0.15) is 5.76 Å². The first-order valence-electron chi connectivity index (χ1n) is 3.13. The molecule has 1 aromatic heterocycles. The van der Waals surface area contributed by atoms with Gasteiger partial charge in [-0.25, -0.2) is 0 Å². The van der Waals surface area contributed by atoms with Gasteiger partial charge in [-0.15, -0.1) is 0 Å². The summed E-state index contributed by atoms with van der Waals surface area (Å²) in [6.45, 7) is 2.03. The molecule has 1 rings (SSSR count). The van der Waals surface area contributed by atoms with Gasteiger partial charge in [-0.2, -0.15) is 0 Å². The van der Waals surface area contributed by atoms with Crippen LogP contribution < -0.4 is 5.73 Å². The number of nitrogens with two attached hydrogens (primary N) is 1. The summed E-state index contributed by atoms with van der Waals surface area (Å²) >= 11 is 0. The third kappa shape index (κ3) is 1.33. The van der Waals surface area contributed by atoms with Crippen LogP contribution in [0, 0.1) is 0 Å². The van der Waals surface area contributed by atoms with E-state index < -0.39 is 0 Å². The van der Waals surface area contributed by atoms with E-state index in [1.54, 1.807) is 6.26 Å². The van der Waals surface area contributed by atoms with E-state index in [1.807, 2.05) is 19.1 Å². The van der Waals surface area contributed by atoms with E-state index in [0.29, 0.717) is 0 Å². The van der Waals surface area contributed by atoms with Gasteiger partial charge >= 0.3 is 0 Å². The maximum absolute atomic E-state index is 5.64. The molecule has 1 atom stereocenters. The Kier molecular flexibility index (Phi) is 1.90. The molecule has 2 nitrogen and oxygen atoms in total. The molecule has 2 N–H and O–H groups in total. The third-order valence-corrected chi connectivity index (χ3v) is 1.35. The largest absolute Gasteiger partial charge is 0.468 e. The van der Waals surface area contributed by atoms with Crippen LogP contribution >= 0.6 is 0 Å². The summed E-state index contributed by atoms with van der Waals surface area (Å²) in [6, 6.07) is 3.82. The van der Waals surface area contributed by atoms with Crippen LogP contribution in [0.1, 0.15) is 25.1 Å². The maximum atomic E-state index is 5.64. The second-order valence-electron chi connectivity index (χ2n) is 2.03. The van der Waals surface area contributed by atoms with E-state index in [0.717, 1.165) is 12.2 Å². The first kappa shape index (κ1) is 6.36. The van der Waals surface area contributed by atoms with Crippen molar-refractivity contribution in [2.75, 3.05) is 0 Å². The highest BCUT2D eigenvalue weighted by Gasteiger charge is 2.03. The molecule has 0 aliphatic carbocycles. The normalized spacial score (nSPS) is 13.6. The van der Waals surface area contributed by atoms with Gasteiger partial charge in [0.15, 0.2) is 0 Å². The minimum absolute atomic E-state index is 0.0694. The molecule has 1 aromatic rings. The van der Waals surface area contributed by atoms with E-state index in [2.05, 4.69) is 0 Å². The zero-order valence-corrected chi connectivity index (χ0v) is 5.50. The number of furan rings is 1. The van der Waals surface area contributed by atoms with Crippen molar-refractivity contribution in [1.29, 1.82) is 0 Å². The Morgan fingerprint density at radius 1 is 1.78 bits per heavy atom. The lowest BCUT2D eigenvalue weighted by Crippen LogP contribution is -2.06. The first-order valence-corrected chi connectivity index (χ1v) is 3.13. The van der Waals surface area contributed by atoms with Crippen molar-refractivity contribution in [3.05, 3.63) is 24.2 Å². The van der Waals surface area contributed by atoms with E-state index >= 15 is 0 Å². The molecule has 0 saturated heterocycles. The number of hydrogen-bond donors (Lipinski definition) is 1. The SMILES string of the molecule is CC[C@@H](N)c1ccco1. The molecule has 50 valence electrons. The van der Waals surface area contributed by atoms with Crippen molar-refractivity contribution in [3.8, 4) is 0 Å². The molecule has 0 unspecified atom stereocenters. The van der Waals surface area contributed by atoms with Crippen molar-refractivity contribution in [3.63, 3.8) is 0 Å². The van der Waals surface area contributed by atoms with Crippen LogP contribution in [0.4, 0.5) is 0 Å². The van der Waals surface area contributed by atoms with E-state index in [9.17, 15) is 0 Å². The fourth-order valence-corrected chi connectivity index (χ4v) is 0.703. The van der Waals surface area contributed by atoms with Crippen LogP contribution in [-0.4, -0.2) is 0 Å². The van der Waals surface area contributed by atoms with Gasteiger partial charge in [-0.3, -0.25) is 0 Å². The monoisotopic (exact) mass is 125 g/mol. The van der Waals surface area contributed by atoms with Crippen LogP contribution in [0.3, 0.4) is 0 Å². The molecule has 1 heterocycles. The predicted molar refractivity (Wildman–Crippen MR) is 35.9 cm³/mol. The molecule has 0 spiro atoms. The number of rotatable bonds is 2. The molecule has 9 heavy (non-hydrogen) atoms. The smallest absolute Gasteiger partial charge is 0.120 e. The van der Waals surface area contributed by atoms with Gasteiger partial charge < -0.3 is 10.2 Å². The molecule has 0 saturated carbocycles. The molecular formula is C7H11NO. The summed E-state index contributed by atoms with van der Waals surface area (Å²) in [7, 11) is 0. The molecule has 0 fully saturated rings. The van der Waals surface area contributed by atoms with Crippen LogP contribution in [0.2, 0.25) is 0 Å². The second kappa shape index (κ2) is 2.69. The average Bonchev–Trinajstić information content (AvgIpc) is 2.37. The van der Waals surface area contributed by atoms with E-state index in [-0.39, 0.29) is 6.04 Å².